The van der Waals surface area contributed by atoms with E-state index in [1.165, 1.54) is 10.5 Å². The van der Waals surface area contributed by atoms with Crippen LogP contribution < -0.4 is 4.72 Å². The lowest BCUT2D eigenvalue weighted by atomic mass is 10.1. The minimum atomic E-state index is 0.920. The summed E-state index contributed by atoms with van der Waals surface area (Å²) < 4.78 is 3.01. The van der Waals surface area contributed by atoms with Gasteiger partial charge in [0, 0.05) is 4.90 Å². The van der Waals surface area contributed by atoms with Crippen molar-refractivity contribution in [3.63, 3.8) is 0 Å². The molecule has 0 saturated carbocycles. The van der Waals surface area contributed by atoms with Crippen molar-refractivity contribution in [1.82, 2.24) is 4.72 Å². The Morgan fingerprint density at radius 3 is 3.20 bits per heavy atom. The van der Waals surface area contributed by atoms with Crippen LogP contribution in [0.1, 0.15) is 5.56 Å². The summed E-state index contributed by atoms with van der Waals surface area (Å²) in [6.45, 7) is 3.05. The van der Waals surface area contributed by atoms with Crippen molar-refractivity contribution in [2.75, 3.05) is 0 Å². The molecule has 0 unspecified atom stereocenters. The van der Waals surface area contributed by atoms with Crippen molar-refractivity contribution in [3.8, 4) is 0 Å². The van der Waals surface area contributed by atoms with Gasteiger partial charge in [-0.15, -0.1) is 0 Å². The zero-order valence-corrected chi connectivity index (χ0v) is 6.24. The van der Waals surface area contributed by atoms with Gasteiger partial charge in [-0.3, -0.25) is 0 Å². The smallest absolute Gasteiger partial charge is 0.0750 e. The second-order valence-electron chi connectivity index (χ2n) is 2.17. The first-order chi connectivity index (χ1) is 4.97. The van der Waals surface area contributed by atoms with Crippen LogP contribution in [0, 0.1) is 6.54 Å². The van der Waals surface area contributed by atoms with Gasteiger partial charge in [-0.25, -0.2) is 4.72 Å². The predicted octanol–water partition coefficient (Wildman–Crippen LogP) is 1.88. The Bertz CT molecular complexity index is 209. The van der Waals surface area contributed by atoms with Crippen molar-refractivity contribution < 1.29 is 0 Å². The van der Waals surface area contributed by atoms with Crippen LogP contribution in [0.3, 0.4) is 0 Å². The SMILES string of the molecule is [C]1Cc2ccccc2SN1. The van der Waals surface area contributed by atoms with Crippen LogP contribution in [0.4, 0.5) is 0 Å². The molecule has 0 fully saturated rings. The Morgan fingerprint density at radius 1 is 1.40 bits per heavy atom. The molecule has 0 atom stereocenters. The number of nitrogens with one attached hydrogen (secondary N) is 1. The van der Waals surface area contributed by atoms with Crippen LogP contribution in [0.5, 0.6) is 0 Å². The number of hydrogen-bond acceptors (Lipinski definition) is 2. The van der Waals surface area contributed by atoms with Gasteiger partial charge in [0.25, 0.3) is 0 Å². The van der Waals surface area contributed by atoms with E-state index in [1.807, 2.05) is 0 Å². The average molecular weight is 149 g/mol. The van der Waals surface area contributed by atoms with Crippen LogP contribution in [0.15, 0.2) is 29.2 Å². The Kier molecular flexibility index (Phi) is 1.65. The van der Waals surface area contributed by atoms with Crippen molar-refractivity contribution in [3.05, 3.63) is 36.4 Å². The third-order valence-corrected chi connectivity index (χ3v) is 2.35. The highest BCUT2D eigenvalue weighted by molar-refractivity contribution is 7.97. The molecule has 0 spiro atoms. The molecule has 1 N–H and O–H groups in total. The number of hydrogen-bond donors (Lipinski definition) is 1. The van der Waals surface area contributed by atoms with E-state index in [0.29, 0.717) is 0 Å². The van der Waals surface area contributed by atoms with E-state index in [1.54, 1.807) is 11.9 Å². The summed E-state index contributed by atoms with van der Waals surface area (Å²) in [7, 11) is 0. The molecular weight excluding hydrogens is 142 g/mol. The molecule has 50 valence electrons. The van der Waals surface area contributed by atoms with Crippen LogP contribution in [-0.4, -0.2) is 0 Å². The van der Waals surface area contributed by atoms with Crippen LogP contribution >= 0.6 is 11.9 Å². The molecule has 10 heavy (non-hydrogen) atoms. The Morgan fingerprint density at radius 2 is 2.30 bits per heavy atom. The van der Waals surface area contributed by atoms with Gasteiger partial charge in [0.15, 0.2) is 0 Å². The van der Waals surface area contributed by atoms with Crippen LogP contribution in [0.25, 0.3) is 0 Å². The van der Waals surface area contributed by atoms with Gasteiger partial charge in [0.2, 0.25) is 0 Å². The molecule has 0 saturated heterocycles. The monoisotopic (exact) mass is 149 g/mol. The largest absolute Gasteiger partial charge is 0.249 e. The quantitative estimate of drug-likeness (QED) is 0.565. The lowest BCUT2D eigenvalue weighted by Crippen LogP contribution is -2.08. The summed E-state index contributed by atoms with van der Waals surface area (Å²) in [6, 6.07) is 8.37. The van der Waals surface area contributed by atoms with Gasteiger partial charge in [0.1, 0.15) is 0 Å². The summed E-state index contributed by atoms with van der Waals surface area (Å²) >= 11 is 1.63. The molecular formula is C8H7NS. The second-order valence-corrected chi connectivity index (χ2v) is 3.01. The fourth-order valence-electron chi connectivity index (χ4n) is 0.972. The summed E-state index contributed by atoms with van der Waals surface area (Å²) in [4.78, 5) is 1.32. The highest BCUT2D eigenvalue weighted by Gasteiger charge is 2.07. The lowest BCUT2D eigenvalue weighted by molar-refractivity contribution is 0.983. The molecule has 2 heteroatoms. The Labute approximate surface area is 65.0 Å². The molecule has 1 aliphatic rings. The maximum atomic E-state index is 3.05. The Balaban J connectivity index is 2.41. The molecule has 1 aromatic rings. The lowest BCUT2D eigenvalue weighted by Gasteiger charge is -2.13. The highest BCUT2D eigenvalue weighted by atomic mass is 32.2. The fraction of sp³-hybridized carbons (Fsp3) is 0.125. The van der Waals surface area contributed by atoms with Gasteiger partial charge < -0.3 is 0 Å². The summed E-state index contributed by atoms with van der Waals surface area (Å²) in [5.41, 5.74) is 1.37. The van der Waals surface area contributed by atoms with Gasteiger partial charge in [-0.1, -0.05) is 18.2 Å². The maximum Gasteiger partial charge on any atom is 0.0750 e. The van der Waals surface area contributed by atoms with E-state index in [0.717, 1.165) is 6.42 Å². The van der Waals surface area contributed by atoms with Crippen molar-refractivity contribution in [2.45, 2.75) is 11.3 Å². The second kappa shape index (κ2) is 2.64. The third kappa shape index (κ3) is 1.04. The van der Waals surface area contributed by atoms with Gasteiger partial charge in [-0.2, -0.15) is 0 Å². The number of benzene rings is 1. The minimum absolute atomic E-state index is 0.920. The third-order valence-electron chi connectivity index (χ3n) is 1.48. The molecule has 2 radical (unpaired) electrons. The average Bonchev–Trinajstić information content (AvgIpc) is 2.05. The van der Waals surface area contributed by atoms with E-state index < -0.39 is 0 Å². The van der Waals surface area contributed by atoms with E-state index in [9.17, 15) is 0 Å². The van der Waals surface area contributed by atoms with Gasteiger partial charge in [0.05, 0.1) is 6.54 Å². The highest BCUT2D eigenvalue weighted by Crippen LogP contribution is 2.24. The molecule has 0 bridgehead atoms. The number of fused-ring (bicyclic) bond motifs is 1. The fourth-order valence-corrected chi connectivity index (χ4v) is 1.64. The standard InChI is InChI=1S/C8H7NS/c1-2-4-8-7(3-1)5-6-9-10-8/h1-4,9H,5H2. The molecule has 1 aromatic carbocycles. The summed E-state index contributed by atoms with van der Waals surface area (Å²) in [6.07, 6.45) is 0.920. The van der Waals surface area contributed by atoms with Crippen molar-refractivity contribution >= 4 is 11.9 Å². The van der Waals surface area contributed by atoms with Crippen LogP contribution in [-0.2, 0) is 6.42 Å². The van der Waals surface area contributed by atoms with Crippen molar-refractivity contribution in [1.29, 1.82) is 0 Å². The molecule has 2 rings (SSSR count). The molecule has 0 aromatic heterocycles. The van der Waals surface area contributed by atoms with E-state index in [-0.39, 0.29) is 0 Å². The first kappa shape index (κ1) is 6.25. The Hall–Kier alpha value is -0.470. The van der Waals surface area contributed by atoms with E-state index >= 15 is 0 Å². The molecule has 1 heterocycles. The topological polar surface area (TPSA) is 12.0 Å². The van der Waals surface area contributed by atoms with E-state index in [4.69, 9.17) is 0 Å². The zero-order valence-electron chi connectivity index (χ0n) is 5.42. The molecule has 0 amide bonds. The maximum absolute atomic E-state index is 3.05. The zero-order chi connectivity index (χ0) is 6.81. The predicted molar refractivity (Wildman–Crippen MR) is 42.4 cm³/mol. The van der Waals surface area contributed by atoms with Gasteiger partial charge in [-0.05, 0) is 30.0 Å². The first-order valence-corrected chi connectivity index (χ1v) is 4.01. The van der Waals surface area contributed by atoms with Crippen LogP contribution in [0.2, 0.25) is 0 Å². The normalized spacial score (nSPS) is 16.4. The molecule has 0 aliphatic carbocycles. The van der Waals surface area contributed by atoms with Crippen molar-refractivity contribution in [2.24, 2.45) is 0 Å². The molecule has 1 aliphatic heterocycles. The van der Waals surface area contributed by atoms with Gasteiger partial charge >= 0.3 is 0 Å². The molecule has 1 nitrogen and oxygen atoms in total. The first-order valence-electron chi connectivity index (χ1n) is 3.19. The summed E-state index contributed by atoms with van der Waals surface area (Å²) in [5, 5.41) is 0. The summed E-state index contributed by atoms with van der Waals surface area (Å²) in [5.74, 6) is 0. The minimum Gasteiger partial charge on any atom is -0.249 e. The van der Waals surface area contributed by atoms with E-state index in [2.05, 4.69) is 35.5 Å². The number of rotatable bonds is 0.